The van der Waals surface area contributed by atoms with Crippen LogP contribution < -0.4 is 16.0 Å². The SMILES string of the molecule is CCNC(=O)Nc1cc2cccc(Nc3ccc(CC(=O)N(C)C)cc3)c2cn1. The number of hydrogen-bond acceptors (Lipinski definition) is 4. The number of nitrogens with zero attached hydrogens (tertiary/aromatic N) is 2. The molecule has 7 nitrogen and oxygen atoms in total. The molecular formula is C22H25N5O2. The van der Waals surface area contributed by atoms with Crippen LogP contribution in [0.15, 0.2) is 54.7 Å². The van der Waals surface area contributed by atoms with Gasteiger partial charge in [-0.3, -0.25) is 10.1 Å². The number of hydrogen-bond donors (Lipinski definition) is 3. The standard InChI is InChI=1S/C22H25N5O2/c1-4-23-22(29)26-20-13-16-6-5-7-19(18(16)14-24-20)25-17-10-8-15(9-11-17)12-21(28)27(2)3/h5-11,13-14,25H,4,12H2,1-3H3,(H2,23,24,26,29). The lowest BCUT2D eigenvalue weighted by Gasteiger charge is -2.12. The molecule has 150 valence electrons. The lowest BCUT2D eigenvalue weighted by atomic mass is 10.1. The molecule has 0 radical (unpaired) electrons. The van der Waals surface area contributed by atoms with Gasteiger partial charge in [0.05, 0.1) is 6.42 Å². The molecule has 0 saturated heterocycles. The second kappa shape index (κ2) is 9.05. The number of amides is 3. The molecule has 0 atom stereocenters. The van der Waals surface area contributed by atoms with Gasteiger partial charge in [-0.2, -0.15) is 0 Å². The summed E-state index contributed by atoms with van der Waals surface area (Å²) < 4.78 is 0. The Labute approximate surface area is 170 Å². The van der Waals surface area contributed by atoms with Crippen molar-refractivity contribution in [2.24, 2.45) is 0 Å². The molecule has 1 aromatic heterocycles. The number of carbonyl (C=O) groups is 2. The van der Waals surface area contributed by atoms with Crippen molar-refractivity contribution in [1.82, 2.24) is 15.2 Å². The zero-order valence-corrected chi connectivity index (χ0v) is 16.8. The van der Waals surface area contributed by atoms with E-state index in [1.54, 1.807) is 25.2 Å². The highest BCUT2D eigenvalue weighted by Gasteiger charge is 2.08. The van der Waals surface area contributed by atoms with Gasteiger partial charge in [-0.25, -0.2) is 9.78 Å². The first-order valence-electron chi connectivity index (χ1n) is 9.46. The highest BCUT2D eigenvalue weighted by atomic mass is 16.2. The van der Waals surface area contributed by atoms with Crippen LogP contribution in [0.2, 0.25) is 0 Å². The Hall–Kier alpha value is -3.61. The predicted molar refractivity (Wildman–Crippen MR) is 117 cm³/mol. The first-order chi connectivity index (χ1) is 14.0. The van der Waals surface area contributed by atoms with Crippen LogP contribution in [0.5, 0.6) is 0 Å². The van der Waals surface area contributed by atoms with Crippen molar-refractivity contribution >= 4 is 39.9 Å². The number of likely N-dealkylation sites (N-methyl/N-ethyl adjacent to an activating group) is 1. The third kappa shape index (κ3) is 5.22. The summed E-state index contributed by atoms with van der Waals surface area (Å²) in [7, 11) is 3.51. The average molecular weight is 391 g/mol. The topological polar surface area (TPSA) is 86.4 Å². The maximum Gasteiger partial charge on any atom is 0.320 e. The van der Waals surface area contributed by atoms with E-state index in [4.69, 9.17) is 0 Å². The molecular weight excluding hydrogens is 366 g/mol. The Morgan fingerprint density at radius 3 is 2.52 bits per heavy atom. The molecule has 0 saturated carbocycles. The average Bonchev–Trinajstić information content (AvgIpc) is 2.69. The summed E-state index contributed by atoms with van der Waals surface area (Å²) in [6, 6.07) is 15.3. The van der Waals surface area contributed by atoms with Crippen molar-refractivity contribution in [3.05, 3.63) is 60.3 Å². The number of benzene rings is 2. The molecule has 29 heavy (non-hydrogen) atoms. The smallest absolute Gasteiger partial charge is 0.320 e. The minimum atomic E-state index is -0.276. The Balaban J connectivity index is 1.76. The van der Waals surface area contributed by atoms with Crippen LogP contribution >= 0.6 is 0 Å². The molecule has 2 aromatic carbocycles. The van der Waals surface area contributed by atoms with E-state index >= 15 is 0 Å². The van der Waals surface area contributed by atoms with Crippen LogP contribution in [-0.2, 0) is 11.2 Å². The van der Waals surface area contributed by atoms with E-state index in [1.807, 2.05) is 55.5 Å². The zero-order chi connectivity index (χ0) is 20.8. The van der Waals surface area contributed by atoms with E-state index in [0.29, 0.717) is 18.8 Å². The predicted octanol–water partition coefficient (Wildman–Crippen LogP) is 3.75. The van der Waals surface area contributed by atoms with Gasteiger partial charge < -0.3 is 15.5 Å². The summed E-state index contributed by atoms with van der Waals surface area (Å²) in [4.78, 5) is 29.5. The lowest BCUT2D eigenvalue weighted by Crippen LogP contribution is -2.28. The fourth-order valence-corrected chi connectivity index (χ4v) is 2.86. The largest absolute Gasteiger partial charge is 0.355 e. The molecule has 0 fully saturated rings. The van der Waals surface area contributed by atoms with E-state index in [9.17, 15) is 9.59 Å². The van der Waals surface area contributed by atoms with Crippen LogP contribution in [0.1, 0.15) is 12.5 Å². The van der Waals surface area contributed by atoms with E-state index in [0.717, 1.165) is 27.7 Å². The lowest BCUT2D eigenvalue weighted by molar-refractivity contribution is -0.127. The van der Waals surface area contributed by atoms with Gasteiger partial charge in [0.15, 0.2) is 0 Å². The van der Waals surface area contributed by atoms with Gasteiger partial charge in [-0.1, -0.05) is 24.3 Å². The molecule has 1 heterocycles. The summed E-state index contributed by atoms with van der Waals surface area (Å²) in [5.41, 5.74) is 2.80. The number of carbonyl (C=O) groups excluding carboxylic acids is 2. The number of rotatable bonds is 6. The molecule has 3 amide bonds. The van der Waals surface area contributed by atoms with Gasteiger partial charge in [0.25, 0.3) is 0 Å². The van der Waals surface area contributed by atoms with Gasteiger partial charge in [-0.15, -0.1) is 0 Å². The summed E-state index contributed by atoms with van der Waals surface area (Å²) in [5.74, 6) is 0.568. The number of anilines is 3. The van der Waals surface area contributed by atoms with Crippen LogP contribution in [0.25, 0.3) is 10.8 Å². The van der Waals surface area contributed by atoms with E-state index < -0.39 is 0 Å². The summed E-state index contributed by atoms with van der Waals surface area (Å²) in [6.07, 6.45) is 2.12. The Morgan fingerprint density at radius 1 is 1.07 bits per heavy atom. The summed E-state index contributed by atoms with van der Waals surface area (Å²) in [6.45, 7) is 2.41. The first kappa shape index (κ1) is 20.1. The number of aromatic nitrogens is 1. The maximum absolute atomic E-state index is 11.8. The molecule has 3 N–H and O–H groups in total. The quantitative estimate of drug-likeness (QED) is 0.597. The molecule has 0 bridgehead atoms. The normalized spacial score (nSPS) is 10.4. The van der Waals surface area contributed by atoms with Crippen LogP contribution in [-0.4, -0.2) is 42.5 Å². The fraction of sp³-hybridized carbons (Fsp3) is 0.227. The number of fused-ring (bicyclic) bond motifs is 1. The maximum atomic E-state index is 11.8. The third-order valence-electron chi connectivity index (χ3n) is 4.43. The molecule has 0 unspecified atom stereocenters. The minimum Gasteiger partial charge on any atom is -0.355 e. The van der Waals surface area contributed by atoms with Gasteiger partial charge in [0.2, 0.25) is 5.91 Å². The molecule has 7 heteroatoms. The number of urea groups is 1. The number of pyridine rings is 1. The number of nitrogens with one attached hydrogen (secondary N) is 3. The van der Waals surface area contributed by atoms with Gasteiger partial charge >= 0.3 is 6.03 Å². The highest BCUT2D eigenvalue weighted by Crippen LogP contribution is 2.27. The monoisotopic (exact) mass is 391 g/mol. The van der Waals surface area contributed by atoms with E-state index in [2.05, 4.69) is 20.9 Å². The van der Waals surface area contributed by atoms with Gasteiger partial charge in [-0.05, 0) is 42.1 Å². The molecule has 3 aromatic rings. The second-order valence-electron chi connectivity index (χ2n) is 6.87. The van der Waals surface area contributed by atoms with Crippen LogP contribution in [0, 0.1) is 0 Å². The zero-order valence-electron chi connectivity index (χ0n) is 16.8. The fourth-order valence-electron chi connectivity index (χ4n) is 2.86. The van der Waals surface area contributed by atoms with E-state index in [1.165, 1.54) is 0 Å². The molecule has 0 spiro atoms. The minimum absolute atomic E-state index is 0.0721. The summed E-state index contributed by atoms with van der Waals surface area (Å²) in [5, 5.41) is 10.7. The van der Waals surface area contributed by atoms with Gasteiger partial charge in [0.1, 0.15) is 5.82 Å². The van der Waals surface area contributed by atoms with Crippen molar-refractivity contribution in [2.75, 3.05) is 31.3 Å². The van der Waals surface area contributed by atoms with Crippen LogP contribution in [0.3, 0.4) is 0 Å². The highest BCUT2D eigenvalue weighted by molar-refractivity contribution is 5.97. The first-order valence-corrected chi connectivity index (χ1v) is 9.46. The molecule has 0 aliphatic rings. The van der Waals surface area contributed by atoms with Crippen molar-refractivity contribution in [2.45, 2.75) is 13.3 Å². The second-order valence-corrected chi connectivity index (χ2v) is 6.87. The summed E-state index contributed by atoms with van der Waals surface area (Å²) >= 11 is 0. The third-order valence-corrected chi connectivity index (χ3v) is 4.43. The van der Waals surface area contributed by atoms with Crippen molar-refractivity contribution < 1.29 is 9.59 Å². The van der Waals surface area contributed by atoms with E-state index in [-0.39, 0.29) is 11.9 Å². The Bertz CT molecular complexity index is 1020. The van der Waals surface area contributed by atoms with Gasteiger partial charge in [0, 0.05) is 43.6 Å². The molecule has 3 rings (SSSR count). The van der Waals surface area contributed by atoms with Crippen molar-refractivity contribution in [1.29, 1.82) is 0 Å². The molecule has 0 aliphatic heterocycles. The Morgan fingerprint density at radius 2 is 1.83 bits per heavy atom. The molecule has 0 aliphatic carbocycles. The van der Waals surface area contributed by atoms with Crippen molar-refractivity contribution in [3.8, 4) is 0 Å². The van der Waals surface area contributed by atoms with Crippen LogP contribution in [0.4, 0.5) is 22.0 Å². The Kier molecular flexibility index (Phi) is 6.29. The van der Waals surface area contributed by atoms with Crippen molar-refractivity contribution in [3.63, 3.8) is 0 Å².